The minimum absolute atomic E-state index is 0.499. The minimum atomic E-state index is 0.499. The van der Waals surface area contributed by atoms with Gasteiger partial charge in [0.25, 0.3) is 0 Å². The third-order valence-electron chi connectivity index (χ3n) is 2.42. The van der Waals surface area contributed by atoms with Crippen LogP contribution in [-0.4, -0.2) is 19.8 Å². The van der Waals surface area contributed by atoms with Gasteiger partial charge in [-0.3, -0.25) is 0 Å². The van der Waals surface area contributed by atoms with E-state index >= 15 is 0 Å². The molecule has 0 amide bonds. The van der Waals surface area contributed by atoms with Gasteiger partial charge in [-0.2, -0.15) is 5.10 Å². The molecule has 0 saturated heterocycles. The van der Waals surface area contributed by atoms with E-state index in [1.165, 1.54) is 5.56 Å². The molecule has 74 valence electrons. The van der Waals surface area contributed by atoms with Gasteiger partial charge < -0.3 is 0 Å². The van der Waals surface area contributed by atoms with Crippen LogP contribution in [0.2, 0.25) is 0 Å². The molecule has 0 atom stereocenters. The van der Waals surface area contributed by atoms with Crippen molar-refractivity contribution >= 4 is 28.6 Å². The summed E-state index contributed by atoms with van der Waals surface area (Å²) < 4.78 is 2.20. The van der Waals surface area contributed by atoms with Crippen molar-refractivity contribution in [3.63, 3.8) is 0 Å². The van der Waals surface area contributed by atoms with Gasteiger partial charge in [-0.15, -0.1) is 0 Å². The maximum atomic E-state index is 5.15. The number of aromatic nitrogens is 4. The molecule has 0 bridgehead atoms. The molecule has 0 spiro atoms. The molecule has 0 radical (unpaired) electrons. The summed E-state index contributed by atoms with van der Waals surface area (Å²) >= 11 is 5.15. The maximum absolute atomic E-state index is 5.15. The first-order valence-corrected chi connectivity index (χ1v) is 4.99. The van der Waals surface area contributed by atoms with Crippen molar-refractivity contribution in [3.8, 4) is 0 Å². The first-order valence-electron chi connectivity index (χ1n) is 4.58. The van der Waals surface area contributed by atoms with Crippen molar-refractivity contribution in [2.24, 2.45) is 0 Å². The lowest BCUT2D eigenvalue weighted by Crippen LogP contribution is -1.94. The van der Waals surface area contributed by atoms with Crippen LogP contribution in [0.5, 0.6) is 0 Å². The topological polar surface area (TPSA) is 46.0 Å². The number of benzene rings is 1. The van der Waals surface area contributed by atoms with Crippen LogP contribution < -0.4 is 0 Å². The molecule has 3 aromatic rings. The Balaban J connectivity index is 2.67. The van der Waals surface area contributed by atoms with Gasteiger partial charge in [-0.1, -0.05) is 11.6 Å². The molecule has 0 saturated carbocycles. The van der Waals surface area contributed by atoms with Crippen molar-refractivity contribution in [2.45, 2.75) is 6.92 Å². The van der Waals surface area contributed by atoms with Crippen LogP contribution in [0.15, 0.2) is 24.4 Å². The fraction of sp³-hybridized carbons (Fsp3) is 0.100. The molecule has 2 aromatic heterocycles. The van der Waals surface area contributed by atoms with E-state index in [0.717, 1.165) is 16.4 Å². The quantitative estimate of drug-likeness (QED) is 0.586. The third kappa shape index (κ3) is 1.16. The van der Waals surface area contributed by atoms with E-state index in [-0.39, 0.29) is 0 Å². The zero-order valence-corrected chi connectivity index (χ0v) is 8.88. The summed E-state index contributed by atoms with van der Waals surface area (Å²) in [5, 5.41) is 7.84. The Kier molecular flexibility index (Phi) is 1.63. The van der Waals surface area contributed by atoms with Crippen LogP contribution in [0.1, 0.15) is 5.56 Å². The molecule has 2 heterocycles. The third-order valence-corrected chi connectivity index (χ3v) is 2.69. The zero-order valence-electron chi connectivity index (χ0n) is 8.06. The Bertz CT molecular complexity index is 710. The predicted molar refractivity (Wildman–Crippen MR) is 60.4 cm³/mol. The highest BCUT2D eigenvalue weighted by Crippen LogP contribution is 2.18. The number of rotatable bonds is 0. The Hall–Kier alpha value is -1.75. The van der Waals surface area contributed by atoms with Gasteiger partial charge in [0.1, 0.15) is 0 Å². The number of H-pyrrole nitrogens is 1. The summed E-state index contributed by atoms with van der Waals surface area (Å²) in [6, 6.07) is 6.09. The van der Waals surface area contributed by atoms with Gasteiger partial charge in [-0.25, -0.2) is 14.7 Å². The van der Waals surface area contributed by atoms with E-state index in [1.807, 2.05) is 12.1 Å². The molecule has 5 heteroatoms. The average Bonchev–Trinajstić information content (AvgIpc) is 2.69. The lowest BCUT2D eigenvalue weighted by molar-refractivity contribution is 0.828. The van der Waals surface area contributed by atoms with Crippen LogP contribution in [0, 0.1) is 11.7 Å². The van der Waals surface area contributed by atoms with E-state index in [9.17, 15) is 0 Å². The second kappa shape index (κ2) is 2.87. The monoisotopic (exact) mass is 216 g/mol. The fourth-order valence-electron chi connectivity index (χ4n) is 1.70. The summed E-state index contributed by atoms with van der Waals surface area (Å²) in [5.74, 6) is 0. The number of nitrogens with zero attached hydrogens (tertiary/aromatic N) is 3. The number of fused-ring (bicyclic) bond motifs is 3. The Morgan fingerprint density at radius 2 is 2.27 bits per heavy atom. The van der Waals surface area contributed by atoms with Crippen molar-refractivity contribution in [3.05, 3.63) is 34.7 Å². The summed E-state index contributed by atoms with van der Waals surface area (Å²) in [4.78, 5) is 4.32. The highest BCUT2D eigenvalue weighted by molar-refractivity contribution is 7.71. The second-order valence-corrected chi connectivity index (χ2v) is 3.86. The summed E-state index contributed by atoms with van der Waals surface area (Å²) in [6.45, 7) is 2.05. The molecule has 4 nitrogen and oxygen atoms in total. The summed E-state index contributed by atoms with van der Waals surface area (Å²) in [5.41, 5.74) is 3.07. The number of nitrogens with one attached hydrogen (secondary N) is 1. The van der Waals surface area contributed by atoms with Crippen molar-refractivity contribution in [1.82, 2.24) is 19.8 Å². The molecule has 3 rings (SSSR count). The molecular formula is C10H8N4S. The Labute approximate surface area is 90.6 Å². The molecular weight excluding hydrogens is 208 g/mol. The van der Waals surface area contributed by atoms with Crippen molar-refractivity contribution in [2.75, 3.05) is 0 Å². The van der Waals surface area contributed by atoms with E-state index in [2.05, 4.69) is 28.3 Å². The van der Waals surface area contributed by atoms with Gasteiger partial charge in [0.2, 0.25) is 4.77 Å². The van der Waals surface area contributed by atoms with E-state index in [1.54, 1.807) is 10.7 Å². The van der Waals surface area contributed by atoms with E-state index in [0.29, 0.717) is 4.77 Å². The van der Waals surface area contributed by atoms with Crippen molar-refractivity contribution in [1.29, 1.82) is 0 Å². The van der Waals surface area contributed by atoms with Crippen LogP contribution in [0.25, 0.3) is 16.4 Å². The van der Waals surface area contributed by atoms with Crippen LogP contribution in [0.3, 0.4) is 0 Å². The maximum Gasteiger partial charge on any atom is 0.221 e. The number of hydrogen-bond acceptors (Lipinski definition) is 3. The summed E-state index contributed by atoms with van der Waals surface area (Å²) in [7, 11) is 0. The number of aryl methyl sites for hydroxylation is 1. The minimum Gasteiger partial charge on any atom is -0.218 e. The van der Waals surface area contributed by atoms with Crippen LogP contribution in [-0.2, 0) is 0 Å². The smallest absolute Gasteiger partial charge is 0.218 e. The highest BCUT2D eigenvalue weighted by Gasteiger charge is 2.04. The molecule has 1 N–H and O–H groups in total. The van der Waals surface area contributed by atoms with Crippen LogP contribution >= 0.6 is 12.2 Å². The van der Waals surface area contributed by atoms with Gasteiger partial charge in [0.15, 0.2) is 0 Å². The average molecular weight is 216 g/mol. The Morgan fingerprint density at radius 1 is 1.40 bits per heavy atom. The molecule has 0 fully saturated rings. The highest BCUT2D eigenvalue weighted by atomic mass is 32.1. The number of aromatic amines is 1. The van der Waals surface area contributed by atoms with Crippen LogP contribution in [0.4, 0.5) is 0 Å². The molecule has 0 aliphatic carbocycles. The van der Waals surface area contributed by atoms with E-state index < -0.39 is 0 Å². The lowest BCUT2D eigenvalue weighted by atomic mass is 10.1. The van der Waals surface area contributed by atoms with Gasteiger partial charge >= 0.3 is 0 Å². The second-order valence-electron chi connectivity index (χ2n) is 3.49. The molecule has 0 aliphatic heterocycles. The van der Waals surface area contributed by atoms with Gasteiger partial charge in [0, 0.05) is 5.39 Å². The lowest BCUT2D eigenvalue weighted by Gasteiger charge is -2.00. The SMILES string of the molecule is Cc1ccc2nc(=S)n3[nH]ncc3c2c1. The first kappa shape index (κ1) is 8.55. The predicted octanol–water partition coefficient (Wildman–Crippen LogP) is 2.25. The molecule has 0 unspecified atom stereocenters. The van der Waals surface area contributed by atoms with Crippen molar-refractivity contribution < 1.29 is 0 Å². The van der Waals surface area contributed by atoms with E-state index in [4.69, 9.17) is 12.2 Å². The molecule has 15 heavy (non-hydrogen) atoms. The normalized spacial score (nSPS) is 11.3. The molecule has 1 aromatic carbocycles. The fourth-order valence-corrected chi connectivity index (χ4v) is 1.94. The largest absolute Gasteiger partial charge is 0.221 e. The Morgan fingerprint density at radius 3 is 3.13 bits per heavy atom. The van der Waals surface area contributed by atoms with Gasteiger partial charge in [0.05, 0.1) is 17.2 Å². The first-order chi connectivity index (χ1) is 7.25. The zero-order chi connectivity index (χ0) is 10.4. The molecule has 0 aliphatic rings. The summed E-state index contributed by atoms with van der Waals surface area (Å²) in [6.07, 6.45) is 1.76. The standard InChI is InChI=1S/C10H8N4S/c1-6-2-3-8-7(4-6)9-5-11-13-14(9)10(15)12-8/h2-5,13H,1H3. The van der Waals surface area contributed by atoms with Gasteiger partial charge in [-0.05, 0) is 31.3 Å². The number of hydrogen-bond donors (Lipinski definition) is 1.